The maximum atomic E-state index is 12.7. The lowest BCUT2D eigenvalue weighted by Crippen LogP contribution is -2.23. The van der Waals surface area contributed by atoms with E-state index in [9.17, 15) is 4.79 Å². The number of carbonyl (C=O) groups excluding carboxylic acids is 1. The Morgan fingerprint density at radius 3 is 2.60 bits per heavy atom. The first kappa shape index (κ1) is 21.9. The summed E-state index contributed by atoms with van der Waals surface area (Å²) in [4.78, 5) is 12.7. The van der Waals surface area contributed by atoms with Crippen molar-refractivity contribution in [1.82, 2.24) is 14.8 Å². The highest BCUT2D eigenvalue weighted by atomic mass is 32.2. The second kappa shape index (κ2) is 10.3. The Labute approximate surface area is 182 Å². The smallest absolute Gasteiger partial charge is 0.237 e. The van der Waals surface area contributed by atoms with Crippen molar-refractivity contribution in [2.75, 3.05) is 11.9 Å². The number of hydrogen-bond donors (Lipinski definition) is 1. The highest BCUT2D eigenvalue weighted by Crippen LogP contribution is 2.28. The van der Waals surface area contributed by atoms with Crippen molar-refractivity contribution in [3.63, 3.8) is 0 Å². The van der Waals surface area contributed by atoms with Crippen LogP contribution in [0, 0.1) is 6.92 Å². The molecule has 0 bridgehead atoms. The van der Waals surface area contributed by atoms with E-state index in [2.05, 4.69) is 46.1 Å². The van der Waals surface area contributed by atoms with Crippen LogP contribution < -0.4 is 10.1 Å². The average Bonchev–Trinajstić information content (AvgIpc) is 3.12. The standard InChI is InChI=1S/C23H28N4O2S/c1-5-14-27-21(18-9-7-8-16(3)15-18)25-26-23(27)30-17(4)22(28)24-19-10-12-20(13-11-19)29-6-2/h7-13,15,17H,5-6,14H2,1-4H3,(H,24,28). The Balaban J connectivity index is 1.72. The zero-order valence-corrected chi connectivity index (χ0v) is 18.7. The molecule has 0 saturated carbocycles. The molecule has 0 aliphatic carbocycles. The SMILES string of the molecule is CCCn1c(SC(C)C(=O)Nc2ccc(OCC)cc2)nnc1-c1cccc(C)c1. The first-order valence-electron chi connectivity index (χ1n) is 10.2. The van der Waals surface area contributed by atoms with Crippen LogP contribution in [0.2, 0.25) is 0 Å². The van der Waals surface area contributed by atoms with Crippen molar-refractivity contribution >= 4 is 23.4 Å². The van der Waals surface area contributed by atoms with E-state index in [1.54, 1.807) is 0 Å². The number of rotatable bonds is 9. The van der Waals surface area contributed by atoms with Gasteiger partial charge in [0.15, 0.2) is 11.0 Å². The fourth-order valence-corrected chi connectivity index (χ4v) is 3.93. The maximum absolute atomic E-state index is 12.7. The van der Waals surface area contributed by atoms with Crippen molar-refractivity contribution in [3.05, 3.63) is 54.1 Å². The van der Waals surface area contributed by atoms with Gasteiger partial charge in [0, 0.05) is 17.8 Å². The summed E-state index contributed by atoms with van der Waals surface area (Å²) in [7, 11) is 0. The summed E-state index contributed by atoms with van der Waals surface area (Å²) in [6.45, 7) is 9.42. The van der Waals surface area contributed by atoms with Gasteiger partial charge in [-0.1, -0.05) is 42.4 Å². The summed E-state index contributed by atoms with van der Waals surface area (Å²) >= 11 is 1.42. The second-order valence-corrected chi connectivity index (χ2v) is 8.34. The van der Waals surface area contributed by atoms with Gasteiger partial charge >= 0.3 is 0 Å². The van der Waals surface area contributed by atoms with Gasteiger partial charge in [-0.25, -0.2) is 0 Å². The van der Waals surface area contributed by atoms with Crippen LogP contribution in [0.5, 0.6) is 5.75 Å². The van der Waals surface area contributed by atoms with Gasteiger partial charge < -0.3 is 14.6 Å². The fraction of sp³-hybridized carbons (Fsp3) is 0.348. The van der Waals surface area contributed by atoms with Gasteiger partial charge in [0.05, 0.1) is 11.9 Å². The second-order valence-electron chi connectivity index (χ2n) is 7.03. The molecule has 1 heterocycles. The number of nitrogens with zero attached hydrogens (tertiary/aromatic N) is 3. The number of ether oxygens (including phenoxy) is 1. The van der Waals surface area contributed by atoms with Crippen LogP contribution in [0.15, 0.2) is 53.7 Å². The summed E-state index contributed by atoms with van der Waals surface area (Å²) in [5.74, 6) is 1.55. The van der Waals surface area contributed by atoms with Crippen molar-refractivity contribution in [2.45, 2.75) is 51.1 Å². The van der Waals surface area contributed by atoms with E-state index in [-0.39, 0.29) is 11.2 Å². The number of hydrogen-bond acceptors (Lipinski definition) is 5. The Morgan fingerprint density at radius 2 is 1.93 bits per heavy atom. The molecule has 158 valence electrons. The maximum Gasteiger partial charge on any atom is 0.237 e. The molecule has 1 unspecified atom stereocenters. The summed E-state index contributed by atoms with van der Waals surface area (Å²) in [6.07, 6.45) is 0.956. The summed E-state index contributed by atoms with van der Waals surface area (Å²) in [6, 6.07) is 15.6. The first-order chi connectivity index (χ1) is 14.5. The van der Waals surface area contributed by atoms with Crippen LogP contribution in [0.4, 0.5) is 5.69 Å². The third-order valence-corrected chi connectivity index (χ3v) is 5.61. The van der Waals surface area contributed by atoms with E-state index in [1.807, 2.05) is 50.2 Å². The van der Waals surface area contributed by atoms with Gasteiger partial charge in [-0.05, 0) is 57.5 Å². The van der Waals surface area contributed by atoms with Crippen molar-refractivity contribution in [3.8, 4) is 17.1 Å². The quantitative estimate of drug-likeness (QED) is 0.479. The van der Waals surface area contributed by atoms with E-state index in [1.165, 1.54) is 17.3 Å². The minimum Gasteiger partial charge on any atom is -0.494 e. The minimum atomic E-state index is -0.318. The number of carbonyl (C=O) groups is 1. The van der Waals surface area contributed by atoms with Gasteiger partial charge in [0.2, 0.25) is 5.91 Å². The Hall–Kier alpha value is -2.80. The number of thioether (sulfide) groups is 1. The molecule has 0 spiro atoms. The Morgan fingerprint density at radius 1 is 1.17 bits per heavy atom. The Bertz CT molecular complexity index is 985. The van der Waals surface area contributed by atoms with Crippen LogP contribution in [-0.4, -0.2) is 32.5 Å². The van der Waals surface area contributed by atoms with Crippen LogP contribution >= 0.6 is 11.8 Å². The van der Waals surface area contributed by atoms with Crippen LogP contribution in [0.25, 0.3) is 11.4 Å². The number of nitrogens with one attached hydrogen (secondary N) is 1. The normalized spacial score (nSPS) is 11.9. The number of amides is 1. The third-order valence-electron chi connectivity index (χ3n) is 4.52. The largest absolute Gasteiger partial charge is 0.494 e. The molecule has 0 radical (unpaired) electrons. The van der Waals surface area contributed by atoms with Gasteiger partial charge in [-0.2, -0.15) is 0 Å². The fourth-order valence-electron chi connectivity index (χ4n) is 3.06. The number of anilines is 1. The lowest BCUT2D eigenvalue weighted by molar-refractivity contribution is -0.115. The molecule has 0 aliphatic rings. The molecule has 0 aliphatic heterocycles. The number of benzene rings is 2. The third kappa shape index (κ3) is 5.42. The van der Waals surface area contributed by atoms with Crippen molar-refractivity contribution < 1.29 is 9.53 Å². The van der Waals surface area contributed by atoms with Gasteiger partial charge in [-0.3, -0.25) is 4.79 Å². The van der Waals surface area contributed by atoms with E-state index in [0.29, 0.717) is 6.61 Å². The summed E-state index contributed by atoms with van der Waals surface area (Å²) < 4.78 is 7.54. The number of aromatic nitrogens is 3. The highest BCUT2D eigenvalue weighted by Gasteiger charge is 2.21. The predicted molar refractivity (Wildman–Crippen MR) is 122 cm³/mol. The van der Waals surface area contributed by atoms with Crippen molar-refractivity contribution in [2.24, 2.45) is 0 Å². The highest BCUT2D eigenvalue weighted by molar-refractivity contribution is 8.00. The van der Waals surface area contributed by atoms with Gasteiger partial charge in [-0.15, -0.1) is 10.2 Å². The van der Waals surface area contributed by atoms with E-state index >= 15 is 0 Å². The van der Waals surface area contributed by atoms with Gasteiger partial charge in [0.1, 0.15) is 5.75 Å². The molecule has 2 aromatic carbocycles. The van der Waals surface area contributed by atoms with Crippen LogP contribution in [0.1, 0.15) is 32.8 Å². The molecular formula is C23H28N4O2S. The molecule has 0 saturated heterocycles. The average molecular weight is 425 g/mol. The molecular weight excluding hydrogens is 396 g/mol. The molecule has 30 heavy (non-hydrogen) atoms. The molecule has 1 N–H and O–H groups in total. The zero-order chi connectivity index (χ0) is 21.5. The van der Waals surface area contributed by atoms with E-state index in [0.717, 1.165) is 40.9 Å². The zero-order valence-electron chi connectivity index (χ0n) is 17.9. The number of aryl methyl sites for hydroxylation is 1. The van der Waals surface area contributed by atoms with Crippen LogP contribution in [-0.2, 0) is 11.3 Å². The lowest BCUT2D eigenvalue weighted by atomic mass is 10.1. The van der Waals surface area contributed by atoms with E-state index < -0.39 is 0 Å². The summed E-state index contributed by atoms with van der Waals surface area (Å²) in [5, 5.41) is 12.2. The topological polar surface area (TPSA) is 69.0 Å². The predicted octanol–water partition coefficient (Wildman–Crippen LogP) is 5.18. The minimum absolute atomic E-state index is 0.0766. The molecule has 1 atom stereocenters. The summed E-state index contributed by atoms with van der Waals surface area (Å²) in [5.41, 5.74) is 2.96. The molecule has 1 aromatic heterocycles. The monoisotopic (exact) mass is 424 g/mol. The van der Waals surface area contributed by atoms with E-state index in [4.69, 9.17) is 4.74 Å². The molecule has 1 amide bonds. The first-order valence-corrected chi connectivity index (χ1v) is 11.1. The van der Waals surface area contributed by atoms with Gasteiger partial charge in [0.25, 0.3) is 0 Å². The molecule has 7 heteroatoms. The van der Waals surface area contributed by atoms with Crippen LogP contribution in [0.3, 0.4) is 0 Å². The van der Waals surface area contributed by atoms with Crippen molar-refractivity contribution in [1.29, 1.82) is 0 Å². The molecule has 3 aromatic rings. The lowest BCUT2D eigenvalue weighted by Gasteiger charge is -2.14. The Kier molecular flexibility index (Phi) is 7.52. The molecule has 6 nitrogen and oxygen atoms in total. The molecule has 3 rings (SSSR count). The molecule has 0 fully saturated rings.